The van der Waals surface area contributed by atoms with Crippen LogP contribution in [0.1, 0.15) is 12.7 Å². The van der Waals surface area contributed by atoms with Crippen molar-refractivity contribution in [2.75, 3.05) is 7.11 Å². The summed E-state index contributed by atoms with van der Waals surface area (Å²) in [7, 11) is 1.57. The number of aromatic amines is 1. The molecular formula is C12H13N3O2. The van der Waals surface area contributed by atoms with E-state index in [0.29, 0.717) is 23.7 Å². The molecule has 0 saturated heterocycles. The van der Waals surface area contributed by atoms with E-state index in [4.69, 9.17) is 4.74 Å². The Kier molecular flexibility index (Phi) is 3.18. The molecule has 0 saturated carbocycles. The number of hydrogen-bond donors (Lipinski definition) is 1. The van der Waals surface area contributed by atoms with E-state index in [0.717, 1.165) is 5.56 Å². The number of methoxy groups -OCH3 is 1. The van der Waals surface area contributed by atoms with E-state index in [-0.39, 0.29) is 5.56 Å². The number of nitrogens with zero attached hydrogens (tertiary/aromatic N) is 2. The summed E-state index contributed by atoms with van der Waals surface area (Å²) in [5.74, 6) is 1.30. The van der Waals surface area contributed by atoms with E-state index in [1.165, 1.54) is 6.07 Å². The molecule has 0 radical (unpaired) electrons. The fourth-order valence-electron chi connectivity index (χ4n) is 1.49. The van der Waals surface area contributed by atoms with Gasteiger partial charge in [0, 0.05) is 24.2 Å². The molecule has 0 amide bonds. The van der Waals surface area contributed by atoms with Gasteiger partial charge in [0.2, 0.25) is 0 Å². The van der Waals surface area contributed by atoms with Crippen LogP contribution in [0.25, 0.3) is 11.3 Å². The molecule has 0 aromatic carbocycles. The maximum absolute atomic E-state index is 11.5. The van der Waals surface area contributed by atoms with Crippen LogP contribution >= 0.6 is 0 Å². The van der Waals surface area contributed by atoms with Crippen molar-refractivity contribution in [3.05, 3.63) is 40.7 Å². The van der Waals surface area contributed by atoms with Crippen molar-refractivity contribution in [1.29, 1.82) is 0 Å². The molecule has 0 spiro atoms. The molecule has 2 heterocycles. The lowest BCUT2D eigenvalue weighted by molar-refractivity contribution is 0.413. The molecule has 2 rings (SSSR count). The zero-order valence-electron chi connectivity index (χ0n) is 9.73. The third-order valence-corrected chi connectivity index (χ3v) is 2.37. The smallest absolute Gasteiger partial charge is 0.251 e. The van der Waals surface area contributed by atoms with Crippen LogP contribution in [0, 0.1) is 0 Å². The number of aryl methyl sites for hydroxylation is 1. The first-order valence-corrected chi connectivity index (χ1v) is 5.32. The first-order chi connectivity index (χ1) is 8.22. The van der Waals surface area contributed by atoms with E-state index in [1.54, 1.807) is 25.6 Å². The molecule has 0 aliphatic rings. The van der Waals surface area contributed by atoms with Crippen LogP contribution in [-0.2, 0) is 6.42 Å². The lowest BCUT2D eigenvalue weighted by Gasteiger charge is -2.04. The summed E-state index contributed by atoms with van der Waals surface area (Å²) in [4.78, 5) is 22.5. The van der Waals surface area contributed by atoms with Crippen LogP contribution in [0.4, 0.5) is 0 Å². The molecule has 0 aliphatic heterocycles. The lowest BCUT2D eigenvalue weighted by Crippen LogP contribution is -2.10. The third kappa shape index (κ3) is 2.50. The first kappa shape index (κ1) is 11.3. The Morgan fingerprint density at radius 1 is 1.35 bits per heavy atom. The van der Waals surface area contributed by atoms with Crippen molar-refractivity contribution in [2.45, 2.75) is 13.3 Å². The highest BCUT2D eigenvalue weighted by Crippen LogP contribution is 2.19. The molecule has 0 atom stereocenters. The quantitative estimate of drug-likeness (QED) is 0.867. The highest BCUT2D eigenvalue weighted by atomic mass is 16.5. The highest BCUT2D eigenvalue weighted by molar-refractivity contribution is 5.59. The van der Waals surface area contributed by atoms with Crippen molar-refractivity contribution in [2.24, 2.45) is 0 Å². The van der Waals surface area contributed by atoms with Crippen molar-refractivity contribution in [1.82, 2.24) is 15.0 Å². The fourth-order valence-corrected chi connectivity index (χ4v) is 1.49. The van der Waals surface area contributed by atoms with Gasteiger partial charge in [-0.15, -0.1) is 0 Å². The first-order valence-electron chi connectivity index (χ1n) is 5.32. The highest BCUT2D eigenvalue weighted by Gasteiger charge is 2.04. The molecular weight excluding hydrogens is 218 g/mol. The van der Waals surface area contributed by atoms with Crippen LogP contribution in [0.15, 0.2) is 29.3 Å². The van der Waals surface area contributed by atoms with Gasteiger partial charge in [-0.25, -0.2) is 4.98 Å². The van der Waals surface area contributed by atoms with Gasteiger partial charge in [0.05, 0.1) is 19.0 Å². The average molecular weight is 231 g/mol. The fraction of sp³-hybridized carbons (Fsp3) is 0.250. The van der Waals surface area contributed by atoms with Gasteiger partial charge in [-0.2, -0.15) is 0 Å². The van der Waals surface area contributed by atoms with Crippen LogP contribution in [0.2, 0.25) is 0 Å². The maximum Gasteiger partial charge on any atom is 0.251 e. The number of H-pyrrole nitrogens is 1. The van der Waals surface area contributed by atoms with Gasteiger partial charge in [-0.05, 0) is 6.07 Å². The standard InChI is InChI=1S/C12H13N3O2/c1-3-11-14-10(5-12(16)15-11)8-4-9(17-2)7-13-6-8/h4-7H,3H2,1-2H3,(H,14,15,16). The van der Waals surface area contributed by atoms with E-state index in [1.807, 2.05) is 6.92 Å². The predicted octanol–water partition coefficient (Wildman–Crippen LogP) is 1.40. The molecule has 5 nitrogen and oxygen atoms in total. The van der Waals surface area contributed by atoms with Gasteiger partial charge >= 0.3 is 0 Å². The van der Waals surface area contributed by atoms with Gasteiger partial charge in [-0.3, -0.25) is 9.78 Å². The predicted molar refractivity (Wildman–Crippen MR) is 64.0 cm³/mol. The summed E-state index contributed by atoms with van der Waals surface area (Å²) in [6.07, 6.45) is 3.95. The number of nitrogens with one attached hydrogen (secondary N) is 1. The second-order valence-corrected chi connectivity index (χ2v) is 3.54. The van der Waals surface area contributed by atoms with E-state index >= 15 is 0 Å². The van der Waals surface area contributed by atoms with Crippen LogP contribution in [-0.4, -0.2) is 22.1 Å². The maximum atomic E-state index is 11.5. The van der Waals surface area contributed by atoms with Crippen molar-refractivity contribution >= 4 is 0 Å². The van der Waals surface area contributed by atoms with Gasteiger partial charge in [0.1, 0.15) is 11.6 Å². The summed E-state index contributed by atoms with van der Waals surface area (Å²) in [6.45, 7) is 1.94. The number of pyridine rings is 1. The summed E-state index contributed by atoms with van der Waals surface area (Å²) < 4.78 is 5.09. The van der Waals surface area contributed by atoms with Gasteiger partial charge in [0.25, 0.3) is 5.56 Å². The number of hydrogen-bond acceptors (Lipinski definition) is 4. The summed E-state index contributed by atoms with van der Waals surface area (Å²) >= 11 is 0. The Labute approximate surface area is 98.5 Å². The van der Waals surface area contributed by atoms with Gasteiger partial charge < -0.3 is 9.72 Å². The molecule has 0 aliphatic carbocycles. The van der Waals surface area contributed by atoms with E-state index < -0.39 is 0 Å². The molecule has 2 aromatic heterocycles. The zero-order valence-corrected chi connectivity index (χ0v) is 9.73. The number of ether oxygens (including phenoxy) is 1. The third-order valence-electron chi connectivity index (χ3n) is 2.37. The van der Waals surface area contributed by atoms with E-state index in [2.05, 4.69) is 15.0 Å². The van der Waals surface area contributed by atoms with Crippen molar-refractivity contribution in [3.8, 4) is 17.0 Å². The largest absolute Gasteiger partial charge is 0.495 e. The molecule has 0 fully saturated rings. The van der Waals surface area contributed by atoms with Crippen molar-refractivity contribution < 1.29 is 4.74 Å². The summed E-state index contributed by atoms with van der Waals surface area (Å²) in [6, 6.07) is 3.25. The molecule has 1 N–H and O–H groups in total. The molecule has 0 unspecified atom stereocenters. The minimum Gasteiger partial charge on any atom is -0.495 e. The lowest BCUT2D eigenvalue weighted by atomic mass is 10.2. The Bertz CT molecular complexity index is 578. The summed E-state index contributed by atoms with van der Waals surface area (Å²) in [5.41, 5.74) is 1.22. The molecule has 17 heavy (non-hydrogen) atoms. The molecule has 0 bridgehead atoms. The van der Waals surface area contributed by atoms with Crippen molar-refractivity contribution in [3.63, 3.8) is 0 Å². The SMILES string of the molecule is CCc1nc(-c2cncc(OC)c2)cc(=O)[nH]1. The van der Waals surface area contributed by atoms with Gasteiger partial charge in [-0.1, -0.05) is 6.92 Å². The van der Waals surface area contributed by atoms with Crippen LogP contribution < -0.4 is 10.3 Å². The second kappa shape index (κ2) is 4.78. The Morgan fingerprint density at radius 3 is 2.88 bits per heavy atom. The minimum absolute atomic E-state index is 0.158. The summed E-state index contributed by atoms with van der Waals surface area (Å²) in [5, 5.41) is 0. The topological polar surface area (TPSA) is 67.9 Å². The molecule has 88 valence electrons. The number of rotatable bonds is 3. The number of aromatic nitrogens is 3. The second-order valence-electron chi connectivity index (χ2n) is 3.54. The van der Waals surface area contributed by atoms with Crippen LogP contribution in [0.5, 0.6) is 5.75 Å². The molecule has 5 heteroatoms. The Hall–Kier alpha value is -2.17. The van der Waals surface area contributed by atoms with Gasteiger partial charge in [0.15, 0.2) is 0 Å². The monoisotopic (exact) mass is 231 g/mol. The molecule has 2 aromatic rings. The Morgan fingerprint density at radius 2 is 2.18 bits per heavy atom. The minimum atomic E-state index is -0.158. The van der Waals surface area contributed by atoms with E-state index in [9.17, 15) is 4.79 Å². The van der Waals surface area contributed by atoms with Crippen LogP contribution in [0.3, 0.4) is 0 Å². The Balaban J connectivity index is 2.51. The zero-order chi connectivity index (χ0) is 12.3. The normalized spacial score (nSPS) is 10.2. The average Bonchev–Trinajstić information content (AvgIpc) is 2.38.